The third-order valence-electron chi connectivity index (χ3n) is 5.17. The van der Waals surface area contributed by atoms with Crippen molar-refractivity contribution in [2.24, 2.45) is 0 Å². The second kappa shape index (κ2) is 7.37. The van der Waals surface area contributed by atoms with E-state index in [1.54, 1.807) is 12.1 Å². The summed E-state index contributed by atoms with van der Waals surface area (Å²) in [4.78, 5) is 31.0. The van der Waals surface area contributed by atoms with Crippen LogP contribution in [0.2, 0.25) is 0 Å². The summed E-state index contributed by atoms with van der Waals surface area (Å²) in [6.07, 6.45) is 1.42. The van der Waals surface area contributed by atoms with Gasteiger partial charge in [-0.15, -0.1) is 11.3 Å². The summed E-state index contributed by atoms with van der Waals surface area (Å²) in [6, 6.07) is 9.85. The van der Waals surface area contributed by atoms with Crippen LogP contribution in [0.1, 0.15) is 27.0 Å². The van der Waals surface area contributed by atoms with E-state index in [2.05, 4.69) is 4.98 Å². The van der Waals surface area contributed by atoms with E-state index in [-0.39, 0.29) is 23.7 Å². The Hall–Kier alpha value is -3.12. The van der Waals surface area contributed by atoms with Crippen LogP contribution in [0.15, 0.2) is 52.9 Å². The van der Waals surface area contributed by atoms with Crippen LogP contribution in [0.5, 0.6) is 0 Å². The maximum atomic E-state index is 13.3. The average Bonchev–Trinajstić information content (AvgIpc) is 3.12. The van der Waals surface area contributed by atoms with E-state index in [4.69, 9.17) is 0 Å². The first-order valence-electron chi connectivity index (χ1n) is 9.19. The predicted octanol–water partition coefficient (Wildman–Crippen LogP) is 5.07. The van der Waals surface area contributed by atoms with Crippen LogP contribution in [0.3, 0.4) is 0 Å². The van der Waals surface area contributed by atoms with E-state index in [0.29, 0.717) is 21.3 Å². The highest BCUT2D eigenvalue weighted by atomic mass is 32.1. The lowest BCUT2D eigenvalue weighted by Gasteiger charge is -2.10. The highest BCUT2D eigenvalue weighted by Crippen LogP contribution is 2.30. The molecule has 4 nitrogen and oxygen atoms in total. The van der Waals surface area contributed by atoms with Gasteiger partial charge in [0.2, 0.25) is 0 Å². The van der Waals surface area contributed by atoms with Gasteiger partial charge in [0.05, 0.1) is 18.3 Å². The molecule has 2 heterocycles. The summed E-state index contributed by atoms with van der Waals surface area (Å²) >= 11 is 1.35. The molecule has 6 heteroatoms. The molecule has 0 amide bonds. The van der Waals surface area contributed by atoms with E-state index in [0.717, 1.165) is 22.3 Å². The van der Waals surface area contributed by atoms with Crippen LogP contribution >= 0.6 is 11.3 Å². The average molecular weight is 406 g/mol. The zero-order valence-electron chi connectivity index (χ0n) is 16.3. The fourth-order valence-corrected chi connectivity index (χ4v) is 4.33. The zero-order chi connectivity index (χ0) is 20.7. The Morgan fingerprint density at radius 3 is 2.48 bits per heavy atom. The van der Waals surface area contributed by atoms with Crippen LogP contribution in [0.4, 0.5) is 4.39 Å². The summed E-state index contributed by atoms with van der Waals surface area (Å²) in [5.41, 5.74) is 4.84. The van der Waals surface area contributed by atoms with Gasteiger partial charge in [-0.3, -0.25) is 14.2 Å². The predicted molar refractivity (Wildman–Crippen MR) is 114 cm³/mol. The molecule has 0 aliphatic carbocycles. The summed E-state index contributed by atoms with van der Waals surface area (Å²) < 4.78 is 14.6. The molecule has 146 valence electrons. The lowest BCUT2D eigenvalue weighted by atomic mass is 9.98. The van der Waals surface area contributed by atoms with Crippen molar-refractivity contribution in [3.8, 4) is 11.1 Å². The highest BCUT2D eigenvalue weighted by Gasteiger charge is 2.17. The number of hydrogen-bond acceptors (Lipinski definition) is 4. The summed E-state index contributed by atoms with van der Waals surface area (Å²) in [6.45, 7) is 5.79. The molecule has 0 saturated carbocycles. The van der Waals surface area contributed by atoms with Gasteiger partial charge in [0.25, 0.3) is 5.56 Å². The molecule has 29 heavy (non-hydrogen) atoms. The normalized spacial score (nSPS) is 11.2. The Labute approximate surface area is 171 Å². The molecule has 2 aromatic heterocycles. The third-order valence-corrected chi connectivity index (χ3v) is 6.06. The van der Waals surface area contributed by atoms with E-state index in [1.165, 1.54) is 34.4 Å². The van der Waals surface area contributed by atoms with Gasteiger partial charge in [-0.2, -0.15) is 0 Å². The number of carbonyl (C=O) groups is 1. The number of aromatic nitrogens is 2. The van der Waals surface area contributed by atoms with Gasteiger partial charge >= 0.3 is 0 Å². The van der Waals surface area contributed by atoms with Gasteiger partial charge in [0.15, 0.2) is 5.78 Å². The summed E-state index contributed by atoms with van der Waals surface area (Å²) in [7, 11) is 0. The van der Waals surface area contributed by atoms with E-state index < -0.39 is 0 Å². The zero-order valence-corrected chi connectivity index (χ0v) is 17.1. The van der Waals surface area contributed by atoms with Crippen molar-refractivity contribution in [1.82, 2.24) is 9.55 Å². The molecule has 0 saturated heterocycles. The minimum atomic E-state index is -0.335. The van der Waals surface area contributed by atoms with E-state index in [9.17, 15) is 14.0 Å². The number of rotatable bonds is 4. The Balaban J connectivity index is 1.76. The van der Waals surface area contributed by atoms with Crippen molar-refractivity contribution < 1.29 is 9.18 Å². The van der Waals surface area contributed by atoms with Crippen molar-refractivity contribution in [3.63, 3.8) is 0 Å². The first-order chi connectivity index (χ1) is 13.8. The number of hydrogen-bond donors (Lipinski definition) is 0. The monoisotopic (exact) mass is 406 g/mol. The lowest BCUT2D eigenvalue weighted by molar-refractivity contribution is 0.0970. The Bertz CT molecular complexity index is 1300. The molecule has 0 bridgehead atoms. The SMILES string of the molecule is Cc1cc(C)c(C(=O)Cn2cnc3scc(-c4ccc(F)cc4)c3c2=O)cc1C. The molecule has 4 aromatic rings. The minimum absolute atomic E-state index is 0.0795. The molecule has 0 radical (unpaired) electrons. The quantitative estimate of drug-likeness (QED) is 0.445. The van der Waals surface area contributed by atoms with Crippen LogP contribution in [-0.4, -0.2) is 15.3 Å². The van der Waals surface area contributed by atoms with Crippen molar-refractivity contribution >= 4 is 27.3 Å². The summed E-state index contributed by atoms with van der Waals surface area (Å²) in [5.74, 6) is -0.467. The number of nitrogens with zero attached hydrogens (tertiary/aromatic N) is 2. The number of carbonyl (C=O) groups excluding carboxylic acids is 1. The maximum Gasteiger partial charge on any atom is 0.263 e. The van der Waals surface area contributed by atoms with E-state index in [1.807, 2.05) is 38.3 Å². The van der Waals surface area contributed by atoms with Gasteiger partial charge in [-0.05, 0) is 61.2 Å². The van der Waals surface area contributed by atoms with Crippen LogP contribution in [0, 0.1) is 26.6 Å². The molecule has 0 N–H and O–H groups in total. The standard InChI is InChI=1S/C23H19FN2O2S/c1-13-8-15(3)18(9-14(13)2)20(27)10-26-12-25-22-21(23(26)28)19(11-29-22)16-4-6-17(24)7-5-16/h4-9,11-12H,10H2,1-3H3. The Morgan fingerprint density at radius 1 is 1.07 bits per heavy atom. The summed E-state index contributed by atoms with van der Waals surface area (Å²) in [5, 5.41) is 2.29. The molecular formula is C23H19FN2O2S. The molecule has 0 spiro atoms. The molecule has 0 atom stereocenters. The van der Waals surface area contributed by atoms with Crippen molar-refractivity contribution in [2.75, 3.05) is 0 Å². The number of thiophene rings is 1. The number of benzene rings is 2. The van der Waals surface area contributed by atoms with Crippen LogP contribution in [0.25, 0.3) is 21.3 Å². The van der Waals surface area contributed by atoms with Gasteiger partial charge in [-0.25, -0.2) is 9.37 Å². The van der Waals surface area contributed by atoms with Crippen molar-refractivity contribution in [3.05, 3.63) is 86.5 Å². The minimum Gasteiger partial charge on any atom is -0.292 e. The molecule has 2 aromatic carbocycles. The fourth-order valence-electron chi connectivity index (χ4n) is 3.42. The molecule has 4 rings (SSSR count). The third kappa shape index (κ3) is 3.51. The van der Waals surface area contributed by atoms with Gasteiger partial charge in [0.1, 0.15) is 10.6 Å². The number of Topliss-reactive ketones (excluding diaryl/α,β-unsaturated/α-hetero) is 1. The van der Waals surface area contributed by atoms with Crippen molar-refractivity contribution in [2.45, 2.75) is 27.3 Å². The first kappa shape index (κ1) is 19.2. The molecule has 0 unspecified atom stereocenters. The van der Waals surface area contributed by atoms with Crippen molar-refractivity contribution in [1.29, 1.82) is 0 Å². The smallest absolute Gasteiger partial charge is 0.263 e. The number of aryl methyl sites for hydroxylation is 3. The topological polar surface area (TPSA) is 52.0 Å². The second-order valence-electron chi connectivity index (χ2n) is 7.19. The highest BCUT2D eigenvalue weighted by molar-refractivity contribution is 7.17. The van der Waals surface area contributed by atoms with Gasteiger partial charge < -0.3 is 0 Å². The molecule has 0 aliphatic rings. The number of fused-ring (bicyclic) bond motifs is 1. The fraction of sp³-hybridized carbons (Fsp3) is 0.174. The maximum absolute atomic E-state index is 13.3. The molecule has 0 fully saturated rings. The second-order valence-corrected chi connectivity index (χ2v) is 8.05. The van der Waals surface area contributed by atoms with Gasteiger partial charge in [0, 0.05) is 16.5 Å². The largest absolute Gasteiger partial charge is 0.292 e. The van der Waals surface area contributed by atoms with Gasteiger partial charge in [-0.1, -0.05) is 18.2 Å². The lowest BCUT2D eigenvalue weighted by Crippen LogP contribution is -2.25. The number of ketones is 1. The molecular weight excluding hydrogens is 387 g/mol. The van der Waals surface area contributed by atoms with Crippen LogP contribution in [-0.2, 0) is 6.54 Å². The number of halogens is 1. The van der Waals surface area contributed by atoms with Crippen LogP contribution < -0.4 is 5.56 Å². The Kier molecular flexibility index (Phi) is 4.88. The van der Waals surface area contributed by atoms with E-state index >= 15 is 0 Å². The Morgan fingerprint density at radius 2 is 1.76 bits per heavy atom. The molecule has 0 aliphatic heterocycles. The first-order valence-corrected chi connectivity index (χ1v) is 10.1.